The van der Waals surface area contributed by atoms with Gasteiger partial charge in [0.25, 0.3) is 0 Å². The molecule has 0 unspecified atom stereocenters. The average molecular weight is 547 g/mol. The van der Waals surface area contributed by atoms with Crippen molar-refractivity contribution in [3.05, 3.63) is 28.8 Å². The molecule has 1 saturated carbocycles. The van der Waals surface area contributed by atoms with E-state index in [4.69, 9.17) is 11.6 Å². The molecule has 3 N–H and O–H groups in total. The lowest BCUT2D eigenvalue weighted by Crippen LogP contribution is -2.59. The molecule has 1 spiro atoms. The quantitative estimate of drug-likeness (QED) is 0.525. The van der Waals surface area contributed by atoms with Crippen LogP contribution in [0.5, 0.6) is 0 Å². The summed E-state index contributed by atoms with van der Waals surface area (Å²) in [7, 11) is 0. The summed E-state index contributed by atoms with van der Waals surface area (Å²) in [5.41, 5.74) is -1.01. The SMILES string of the molecule is C[C@H]1C(=O)N(C[C@@H](O)CC(=O)N2CCC3(CC3)[C@H](O)C2)CCN1C(=O)Nc1ccc(C(F)(F)F)c(Cl)c1. The molecule has 13 heteroatoms. The normalized spacial score (nSPS) is 24.3. The predicted octanol–water partition coefficient (Wildman–Crippen LogP) is 2.55. The fourth-order valence-corrected chi connectivity index (χ4v) is 5.33. The number of β-amino-alcohol motifs (C(OH)–C–C–N with tert-alkyl or cyclic N) is 2. The summed E-state index contributed by atoms with van der Waals surface area (Å²) in [5, 5.41) is 22.7. The Kier molecular flexibility index (Phi) is 7.64. The second-order valence-corrected chi connectivity index (χ2v) is 10.5. The Morgan fingerprint density at radius 2 is 1.92 bits per heavy atom. The zero-order valence-corrected chi connectivity index (χ0v) is 21.1. The fourth-order valence-electron chi connectivity index (χ4n) is 5.04. The van der Waals surface area contributed by atoms with Crippen LogP contribution in [0.1, 0.15) is 38.2 Å². The van der Waals surface area contributed by atoms with Crippen molar-refractivity contribution in [2.24, 2.45) is 5.41 Å². The van der Waals surface area contributed by atoms with Gasteiger partial charge in [0.1, 0.15) is 6.04 Å². The molecular formula is C24H30ClF3N4O5. The number of benzene rings is 1. The number of piperidine rings is 1. The molecule has 3 atom stereocenters. The number of urea groups is 1. The average Bonchev–Trinajstić information content (AvgIpc) is 3.58. The van der Waals surface area contributed by atoms with Crippen molar-refractivity contribution in [1.82, 2.24) is 14.7 Å². The second-order valence-electron chi connectivity index (χ2n) is 10.1. The molecule has 3 fully saturated rings. The number of carbonyl (C=O) groups is 3. The van der Waals surface area contributed by atoms with Crippen molar-refractivity contribution in [1.29, 1.82) is 0 Å². The molecule has 2 saturated heterocycles. The van der Waals surface area contributed by atoms with Crippen molar-refractivity contribution in [2.45, 2.75) is 57.0 Å². The first-order valence-corrected chi connectivity index (χ1v) is 12.6. The number of hydrogen-bond acceptors (Lipinski definition) is 5. The third-order valence-electron chi connectivity index (χ3n) is 7.60. The van der Waals surface area contributed by atoms with Gasteiger partial charge in [0, 0.05) is 38.4 Å². The van der Waals surface area contributed by atoms with Crippen LogP contribution in [0.4, 0.5) is 23.7 Å². The van der Waals surface area contributed by atoms with Gasteiger partial charge in [0.15, 0.2) is 0 Å². The van der Waals surface area contributed by atoms with E-state index in [-0.39, 0.29) is 49.6 Å². The number of anilines is 1. The number of nitrogens with one attached hydrogen (secondary N) is 1. The number of aliphatic hydroxyl groups is 2. The van der Waals surface area contributed by atoms with E-state index >= 15 is 0 Å². The van der Waals surface area contributed by atoms with Gasteiger partial charge in [0.05, 0.1) is 29.2 Å². The number of aliphatic hydroxyl groups excluding tert-OH is 2. The summed E-state index contributed by atoms with van der Waals surface area (Å²) in [6.45, 7) is 2.44. The maximum atomic E-state index is 12.9. The molecule has 9 nitrogen and oxygen atoms in total. The maximum absolute atomic E-state index is 12.9. The number of carbonyl (C=O) groups excluding carboxylic acids is 3. The summed E-state index contributed by atoms with van der Waals surface area (Å²) in [6, 6.07) is 1.26. The lowest BCUT2D eigenvalue weighted by Gasteiger charge is -2.40. The number of rotatable bonds is 5. The number of piperazine rings is 1. The standard InChI is InChI=1S/C24H30ClF3N4O5/c1-14-21(36)31(12-16(33)11-20(35)30-7-6-23(4-5-23)19(34)13-30)8-9-32(14)22(37)29-15-2-3-17(18(25)10-15)24(26,27)28/h2-3,10,14,16,19,33-34H,4-9,11-13H2,1H3,(H,29,37)/t14-,16-,19+/m0/s1. The predicted molar refractivity (Wildman–Crippen MR) is 128 cm³/mol. The summed E-state index contributed by atoms with van der Waals surface area (Å²) in [5.74, 6) is -0.710. The Bertz CT molecular complexity index is 1070. The Labute approximate surface area is 217 Å². The summed E-state index contributed by atoms with van der Waals surface area (Å²) in [6.07, 6.45) is -3.77. The highest BCUT2D eigenvalue weighted by Crippen LogP contribution is 2.53. The van der Waals surface area contributed by atoms with E-state index in [1.807, 2.05) is 0 Å². The van der Waals surface area contributed by atoms with Crippen LogP contribution in [-0.4, -0.2) is 93.7 Å². The van der Waals surface area contributed by atoms with E-state index in [1.165, 1.54) is 16.7 Å². The Balaban J connectivity index is 1.27. The van der Waals surface area contributed by atoms with Crippen LogP contribution in [-0.2, 0) is 15.8 Å². The number of hydrogen-bond donors (Lipinski definition) is 3. The number of nitrogens with zero attached hydrogens (tertiary/aromatic N) is 3. The minimum Gasteiger partial charge on any atom is -0.391 e. The summed E-state index contributed by atoms with van der Waals surface area (Å²) >= 11 is 5.70. The summed E-state index contributed by atoms with van der Waals surface area (Å²) in [4.78, 5) is 42.3. The second kappa shape index (κ2) is 10.3. The van der Waals surface area contributed by atoms with Gasteiger partial charge in [-0.2, -0.15) is 13.2 Å². The molecular weight excluding hydrogens is 517 g/mol. The Morgan fingerprint density at radius 1 is 1.22 bits per heavy atom. The van der Waals surface area contributed by atoms with E-state index in [0.29, 0.717) is 6.54 Å². The van der Waals surface area contributed by atoms with Crippen LogP contribution in [0.2, 0.25) is 5.02 Å². The van der Waals surface area contributed by atoms with E-state index in [1.54, 1.807) is 4.90 Å². The van der Waals surface area contributed by atoms with Crippen LogP contribution in [0.15, 0.2) is 18.2 Å². The van der Waals surface area contributed by atoms with E-state index in [9.17, 15) is 37.8 Å². The van der Waals surface area contributed by atoms with E-state index < -0.39 is 47.0 Å². The van der Waals surface area contributed by atoms with E-state index in [0.717, 1.165) is 37.5 Å². The Hall–Kier alpha value is -2.57. The van der Waals surface area contributed by atoms with E-state index in [2.05, 4.69) is 5.32 Å². The minimum atomic E-state index is -4.62. The topological polar surface area (TPSA) is 113 Å². The van der Waals surface area contributed by atoms with Gasteiger partial charge in [-0.1, -0.05) is 11.6 Å². The molecule has 1 aromatic carbocycles. The van der Waals surface area contributed by atoms with Crippen molar-refractivity contribution in [2.75, 3.05) is 38.0 Å². The first-order valence-electron chi connectivity index (χ1n) is 12.2. The van der Waals surface area contributed by atoms with Gasteiger partial charge in [-0.3, -0.25) is 9.59 Å². The zero-order chi connectivity index (χ0) is 27.1. The number of halogens is 4. The van der Waals surface area contributed by atoms with Crippen molar-refractivity contribution in [3.8, 4) is 0 Å². The van der Waals surface area contributed by atoms with Crippen LogP contribution >= 0.6 is 11.6 Å². The van der Waals surface area contributed by atoms with Gasteiger partial charge in [0.2, 0.25) is 11.8 Å². The van der Waals surface area contributed by atoms with Crippen LogP contribution < -0.4 is 5.32 Å². The smallest absolute Gasteiger partial charge is 0.391 e. The number of alkyl halides is 3. The van der Waals surface area contributed by atoms with Crippen LogP contribution in [0.3, 0.4) is 0 Å². The molecule has 37 heavy (non-hydrogen) atoms. The van der Waals surface area contributed by atoms with Crippen molar-refractivity contribution < 1.29 is 37.8 Å². The van der Waals surface area contributed by atoms with Gasteiger partial charge in [-0.15, -0.1) is 0 Å². The third-order valence-corrected chi connectivity index (χ3v) is 7.91. The maximum Gasteiger partial charge on any atom is 0.417 e. The molecule has 4 amide bonds. The highest BCUT2D eigenvalue weighted by atomic mass is 35.5. The minimum absolute atomic E-state index is 0.0390. The van der Waals surface area contributed by atoms with Gasteiger partial charge in [-0.25, -0.2) is 4.79 Å². The molecule has 4 rings (SSSR count). The van der Waals surface area contributed by atoms with Crippen LogP contribution in [0, 0.1) is 5.41 Å². The lowest BCUT2D eigenvalue weighted by molar-refractivity contribution is -0.144. The van der Waals surface area contributed by atoms with Gasteiger partial charge < -0.3 is 30.2 Å². The van der Waals surface area contributed by atoms with Gasteiger partial charge in [-0.05, 0) is 49.8 Å². The highest BCUT2D eigenvalue weighted by molar-refractivity contribution is 6.31. The Morgan fingerprint density at radius 3 is 2.51 bits per heavy atom. The molecule has 0 radical (unpaired) electrons. The molecule has 2 aliphatic heterocycles. The molecule has 204 valence electrons. The van der Waals surface area contributed by atoms with Crippen LogP contribution in [0.25, 0.3) is 0 Å². The molecule has 3 aliphatic rings. The summed E-state index contributed by atoms with van der Waals surface area (Å²) < 4.78 is 38.7. The molecule has 0 bridgehead atoms. The molecule has 0 aromatic heterocycles. The first-order chi connectivity index (χ1) is 17.3. The zero-order valence-electron chi connectivity index (χ0n) is 20.3. The van der Waals surface area contributed by atoms with Gasteiger partial charge >= 0.3 is 12.2 Å². The molecule has 2 heterocycles. The first kappa shape index (κ1) is 27.5. The number of amides is 4. The van der Waals surface area contributed by atoms with Crippen molar-refractivity contribution >= 4 is 35.1 Å². The molecule has 1 aromatic rings. The largest absolute Gasteiger partial charge is 0.417 e. The number of likely N-dealkylation sites (tertiary alicyclic amines) is 1. The van der Waals surface area contributed by atoms with Crippen molar-refractivity contribution in [3.63, 3.8) is 0 Å². The highest BCUT2D eigenvalue weighted by Gasteiger charge is 2.51. The monoisotopic (exact) mass is 546 g/mol. The third kappa shape index (κ3) is 5.96. The molecule has 1 aliphatic carbocycles. The fraction of sp³-hybridized carbons (Fsp3) is 0.625. The lowest BCUT2D eigenvalue weighted by atomic mass is 9.90.